The van der Waals surface area contributed by atoms with Gasteiger partial charge in [0.2, 0.25) is 0 Å². The molecule has 1 aromatic carbocycles. The van der Waals surface area contributed by atoms with Gasteiger partial charge >= 0.3 is 11.8 Å². The molecular weight excluding hydrogens is 332 g/mol. The van der Waals surface area contributed by atoms with Crippen LogP contribution in [0.25, 0.3) is 0 Å². The minimum absolute atomic E-state index is 0.0913. The van der Waals surface area contributed by atoms with Crippen molar-refractivity contribution < 1.29 is 14.4 Å². The lowest BCUT2D eigenvalue weighted by atomic mass is 9.96. The number of para-hydroxylation sites is 1. The minimum atomic E-state index is -0.816. The largest absolute Gasteiger partial charge is 0.346 e. The molecule has 0 radical (unpaired) electrons. The van der Waals surface area contributed by atoms with Crippen molar-refractivity contribution in [1.29, 1.82) is 0 Å². The number of benzene rings is 1. The number of rotatable bonds is 4. The monoisotopic (exact) mass is 358 g/mol. The molecule has 1 aliphatic heterocycles. The molecule has 7 heteroatoms. The Morgan fingerprint density at radius 1 is 1.19 bits per heavy atom. The molecule has 0 spiro atoms. The van der Waals surface area contributed by atoms with Crippen LogP contribution in [0.1, 0.15) is 37.3 Å². The van der Waals surface area contributed by atoms with E-state index in [1.54, 1.807) is 13.1 Å². The molecule has 3 rings (SSSR count). The first-order chi connectivity index (χ1) is 12.4. The molecular formula is C19H26N4O3. The van der Waals surface area contributed by atoms with Gasteiger partial charge in [0, 0.05) is 30.4 Å². The molecule has 1 atom stereocenters. The topological polar surface area (TPSA) is 81.8 Å². The van der Waals surface area contributed by atoms with Gasteiger partial charge in [-0.05, 0) is 33.0 Å². The maximum atomic E-state index is 12.4. The first-order valence-electron chi connectivity index (χ1n) is 8.98. The third kappa shape index (κ3) is 3.19. The van der Waals surface area contributed by atoms with E-state index in [2.05, 4.69) is 15.5 Å². The van der Waals surface area contributed by atoms with E-state index in [1.165, 1.54) is 4.90 Å². The van der Waals surface area contributed by atoms with E-state index in [9.17, 15) is 14.4 Å². The molecule has 1 aromatic rings. The van der Waals surface area contributed by atoms with Crippen LogP contribution in [0.15, 0.2) is 24.3 Å². The van der Waals surface area contributed by atoms with Crippen molar-refractivity contribution in [3.63, 3.8) is 0 Å². The highest BCUT2D eigenvalue weighted by atomic mass is 16.2. The highest BCUT2D eigenvalue weighted by Crippen LogP contribution is 2.34. The average molecular weight is 358 g/mol. The number of carbonyl (C=O) groups excluding carboxylic acids is 3. The summed E-state index contributed by atoms with van der Waals surface area (Å²) in [6, 6.07) is 6.44. The van der Waals surface area contributed by atoms with Crippen molar-refractivity contribution in [3.8, 4) is 0 Å². The van der Waals surface area contributed by atoms with Crippen molar-refractivity contribution in [2.24, 2.45) is 0 Å². The van der Waals surface area contributed by atoms with Gasteiger partial charge in [-0.1, -0.05) is 31.0 Å². The Kier molecular flexibility index (Phi) is 5.00. The Morgan fingerprint density at radius 3 is 2.50 bits per heavy atom. The van der Waals surface area contributed by atoms with Crippen molar-refractivity contribution in [3.05, 3.63) is 29.8 Å². The quantitative estimate of drug-likeness (QED) is 0.781. The van der Waals surface area contributed by atoms with Crippen LogP contribution >= 0.6 is 0 Å². The summed E-state index contributed by atoms with van der Waals surface area (Å²) in [4.78, 5) is 40.6. The Balaban J connectivity index is 1.63. The van der Waals surface area contributed by atoms with Crippen LogP contribution in [0.3, 0.4) is 0 Å². The number of hydrogen-bond donors (Lipinski definition) is 2. The molecule has 1 fully saturated rings. The fourth-order valence-corrected chi connectivity index (χ4v) is 3.96. The van der Waals surface area contributed by atoms with Crippen LogP contribution in [0.2, 0.25) is 0 Å². The number of fused-ring (bicyclic) bond motifs is 1. The molecule has 2 aliphatic rings. The average Bonchev–Trinajstić information content (AvgIpc) is 3.20. The van der Waals surface area contributed by atoms with Crippen LogP contribution in [0.5, 0.6) is 0 Å². The number of carbonyl (C=O) groups is 3. The zero-order chi connectivity index (χ0) is 18.9. The number of anilines is 1. The van der Waals surface area contributed by atoms with Gasteiger partial charge in [-0.25, -0.2) is 0 Å². The van der Waals surface area contributed by atoms with E-state index in [0.717, 1.165) is 31.4 Å². The Labute approximate surface area is 153 Å². The van der Waals surface area contributed by atoms with E-state index in [-0.39, 0.29) is 11.4 Å². The minimum Gasteiger partial charge on any atom is -0.346 e. The van der Waals surface area contributed by atoms with Crippen LogP contribution in [-0.2, 0) is 14.4 Å². The molecule has 1 saturated carbocycles. The molecule has 1 heterocycles. The van der Waals surface area contributed by atoms with Gasteiger partial charge in [-0.15, -0.1) is 0 Å². The van der Waals surface area contributed by atoms with E-state index in [0.29, 0.717) is 12.1 Å². The highest BCUT2D eigenvalue weighted by molar-refractivity contribution is 6.35. The third-order valence-corrected chi connectivity index (χ3v) is 5.73. The summed E-state index contributed by atoms with van der Waals surface area (Å²) in [5.74, 6) is -1.72. The summed E-state index contributed by atoms with van der Waals surface area (Å²) in [6.07, 6.45) is 4.25. The van der Waals surface area contributed by atoms with Crippen LogP contribution in [0.4, 0.5) is 5.69 Å². The Hall–Kier alpha value is -2.41. The summed E-state index contributed by atoms with van der Waals surface area (Å²) in [5.41, 5.74) is 1.37. The van der Waals surface area contributed by atoms with Gasteiger partial charge in [-0.2, -0.15) is 0 Å². The number of hydrogen-bond acceptors (Lipinski definition) is 4. The van der Waals surface area contributed by atoms with Crippen LogP contribution in [-0.4, -0.2) is 55.8 Å². The second-order valence-electron chi connectivity index (χ2n) is 7.37. The molecule has 0 unspecified atom stereocenters. The summed E-state index contributed by atoms with van der Waals surface area (Å²) < 4.78 is 0. The van der Waals surface area contributed by atoms with Gasteiger partial charge < -0.3 is 20.4 Å². The third-order valence-electron chi connectivity index (χ3n) is 5.73. The van der Waals surface area contributed by atoms with Crippen LogP contribution in [0, 0.1) is 0 Å². The number of nitrogens with zero attached hydrogens (tertiary/aromatic N) is 2. The summed E-state index contributed by atoms with van der Waals surface area (Å²) in [6.45, 7) is 0.432. The first-order valence-corrected chi connectivity index (χ1v) is 8.98. The fourth-order valence-electron chi connectivity index (χ4n) is 3.96. The van der Waals surface area contributed by atoms with E-state index >= 15 is 0 Å². The maximum absolute atomic E-state index is 12.4. The first kappa shape index (κ1) is 18.4. The maximum Gasteiger partial charge on any atom is 0.310 e. The molecule has 3 amide bonds. The standard InChI is InChI=1S/C19H26N4O3/c1-22(2)19(10-6-7-11-19)12-20-16(24)17(25)21-15-13-8-4-5-9-14(13)23(3)18(15)26/h4-5,8-9,15H,6-7,10-12H2,1-3H3,(H,20,24)(H,21,25)/t15-/m0/s1. The van der Waals surface area contributed by atoms with Crippen molar-refractivity contribution in [2.45, 2.75) is 37.3 Å². The van der Waals surface area contributed by atoms with E-state index < -0.39 is 17.9 Å². The molecule has 0 aromatic heterocycles. The number of likely N-dealkylation sites (N-methyl/N-ethyl adjacent to an activating group) is 2. The van der Waals surface area contributed by atoms with Gasteiger partial charge in [-0.3, -0.25) is 14.4 Å². The predicted octanol–water partition coefficient (Wildman–Crippen LogP) is 0.811. The number of nitrogens with one attached hydrogen (secondary N) is 2. The lowest BCUT2D eigenvalue weighted by molar-refractivity contribution is -0.140. The zero-order valence-corrected chi connectivity index (χ0v) is 15.5. The SMILES string of the molecule is CN1C(=O)[C@@H](NC(=O)C(=O)NCC2(N(C)C)CCCC2)c2ccccc21. The smallest absolute Gasteiger partial charge is 0.310 e. The number of amides is 3. The fraction of sp³-hybridized carbons (Fsp3) is 0.526. The molecule has 26 heavy (non-hydrogen) atoms. The lowest BCUT2D eigenvalue weighted by Crippen LogP contribution is -2.53. The molecule has 0 bridgehead atoms. The van der Waals surface area contributed by atoms with Crippen molar-refractivity contribution in [2.75, 3.05) is 32.6 Å². The highest BCUT2D eigenvalue weighted by Gasteiger charge is 2.39. The second-order valence-corrected chi connectivity index (χ2v) is 7.37. The molecule has 7 nitrogen and oxygen atoms in total. The van der Waals surface area contributed by atoms with Crippen molar-refractivity contribution in [1.82, 2.24) is 15.5 Å². The molecule has 0 saturated heterocycles. The van der Waals surface area contributed by atoms with E-state index in [1.807, 2.05) is 32.3 Å². The molecule has 1 aliphatic carbocycles. The summed E-state index contributed by atoms with van der Waals surface area (Å²) >= 11 is 0. The van der Waals surface area contributed by atoms with Gasteiger partial charge in [0.1, 0.15) is 6.04 Å². The molecule has 140 valence electrons. The molecule has 2 N–H and O–H groups in total. The van der Waals surface area contributed by atoms with Crippen molar-refractivity contribution >= 4 is 23.4 Å². The Morgan fingerprint density at radius 2 is 1.85 bits per heavy atom. The van der Waals surface area contributed by atoms with Crippen LogP contribution < -0.4 is 15.5 Å². The van der Waals surface area contributed by atoms with Gasteiger partial charge in [0.05, 0.1) is 0 Å². The predicted molar refractivity (Wildman–Crippen MR) is 98.6 cm³/mol. The zero-order valence-electron chi connectivity index (χ0n) is 15.5. The second kappa shape index (κ2) is 7.07. The summed E-state index contributed by atoms with van der Waals surface area (Å²) in [5, 5.41) is 5.33. The normalized spacial score (nSPS) is 21.0. The summed E-state index contributed by atoms with van der Waals surface area (Å²) in [7, 11) is 5.66. The van der Waals surface area contributed by atoms with Gasteiger partial charge in [0.15, 0.2) is 0 Å². The lowest BCUT2D eigenvalue weighted by Gasteiger charge is -2.36. The van der Waals surface area contributed by atoms with E-state index in [4.69, 9.17) is 0 Å². The van der Waals surface area contributed by atoms with Gasteiger partial charge in [0.25, 0.3) is 5.91 Å². The Bertz CT molecular complexity index is 725.